The first-order valence-electron chi connectivity index (χ1n) is 9.45. The van der Waals surface area contributed by atoms with Gasteiger partial charge in [0.15, 0.2) is 6.61 Å². The minimum absolute atomic E-state index is 0.0117. The predicted molar refractivity (Wildman–Crippen MR) is 108 cm³/mol. The second kappa shape index (κ2) is 9.21. The van der Waals surface area contributed by atoms with Crippen LogP contribution in [0, 0.1) is 6.92 Å². The van der Waals surface area contributed by atoms with Gasteiger partial charge in [0.25, 0.3) is 17.7 Å². The van der Waals surface area contributed by atoms with Crippen LogP contribution in [0.5, 0.6) is 5.75 Å². The van der Waals surface area contributed by atoms with Gasteiger partial charge in [0.05, 0.1) is 18.2 Å². The second-order valence-corrected chi connectivity index (χ2v) is 6.85. The van der Waals surface area contributed by atoms with Crippen molar-refractivity contribution < 1.29 is 28.7 Å². The van der Waals surface area contributed by atoms with Gasteiger partial charge in [-0.15, -0.1) is 0 Å². The lowest BCUT2D eigenvalue weighted by Gasteiger charge is -2.13. The highest BCUT2D eigenvalue weighted by Crippen LogP contribution is 2.24. The highest BCUT2D eigenvalue weighted by Gasteiger charge is 2.35. The fourth-order valence-corrected chi connectivity index (χ4v) is 3.08. The third kappa shape index (κ3) is 4.83. The molecular weight excluding hydrogens is 388 g/mol. The van der Waals surface area contributed by atoms with Crippen molar-refractivity contribution in [3.05, 3.63) is 59.2 Å². The molecule has 0 aliphatic carbocycles. The van der Waals surface area contributed by atoms with Crippen molar-refractivity contribution in [1.82, 2.24) is 4.90 Å². The summed E-state index contributed by atoms with van der Waals surface area (Å²) in [6, 6.07) is 11.8. The maximum Gasteiger partial charge on any atom is 0.306 e. The number of imide groups is 1. The summed E-state index contributed by atoms with van der Waals surface area (Å²) < 4.78 is 9.99. The summed E-state index contributed by atoms with van der Waals surface area (Å²) in [6.07, 6.45) is 0.242. The lowest BCUT2D eigenvalue weighted by molar-refractivity contribution is -0.147. The van der Waals surface area contributed by atoms with Crippen molar-refractivity contribution >= 4 is 29.4 Å². The Labute approximate surface area is 173 Å². The Morgan fingerprint density at radius 2 is 1.70 bits per heavy atom. The maximum absolute atomic E-state index is 12.4. The van der Waals surface area contributed by atoms with Gasteiger partial charge >= 0.3 is 5.97 Å². The van der Waals surface area contributed by atoms with Gasteiger partial charge < -0.3 is 14.8 Å². The van der Waals surface area contributed by atoms with Gasteiger partial charge in [-0.25, -0.2) is 0 Å². The van der Waals surface area contributed by atoms with E-state index < -0.39 is 18.5 Å². The summed E-state index contributed by atoms with van der Waals surface area (Å²) in [6.45, 7) is 1.54. The Morgan fingerprint density at radius 3 is 2.40 bits per heavy atom. The highest BCUT2D eigenvalue weighted by atomic mass is 16.5. The van der Waals surface area contributed by atoms with Gasteiger partial charge in [0.2, 0.25) is 0 Å². The first kappa shape index (κ1) is 21.0. The van der Waals surface area contributed by atoms with Crippen LogP contribution in [0.1, 0.15) is 39.1 Å². The number of amides is 3. The smallest absolute Gasteiger partial charge is 0.306 e. The normalized spacial score (nSPS) is 12.5. The minimum Gasteiger partial charge on any atom is -0.497 e. The molecule has 0 saturated carbocycles. The van der Waals surface area contributed by atoms with Crippen LogP contribution in [0.3, 0.4) is 0 Å². The molecule has 156 valence electrons. The topological polar surface area (TPSA) is 102 Å². The Hall–Kier alpha value is -3.68. The van der Waals surface area contributed by atoms with Crippen molar-refractivity contribution in [2.45, 2.75) is 19.8 Å². The predicted octanol–water partition coefficient (Wildman–Crippen LogP) is 2.56. The minimum atomic E-state index is -0.577. The highest BCUT2D eigenvalue weighted by molar-refractivity contribution is 6.21. The molecule has 8 heteroatoms. The lowest BCUT2D eigenvalue weighted by atomic mass is 10.1. The molecule has 0 bridgehead atoms. The summed E-state index contributed by atoms with van der Waals surface area (Å²) in [5.74, 6) is -1.10. The van der Waals surface area contributed by atoms with Crippen LogP contribution in [-0.2, 0) is 14.3 Å². The second-order valence-electron chi connectivity index (χ2n) is 6.85. The molecule has 0 aromatic heterocycles. The zero-order valence-corrected chi connectivity index (χ0v) is 16.8. The average Bonchev–Trinajstić information content (AvgIpc) is 2.97. The van der Waals surface area contributed by atoms with Gasteiger partial charge in [0.1, 0.15) is 5.75 Å². The first-order valence-corrected chi connectivity index (χ1v) is 9.45. The van der Waals surface area contributed by atoms with E-state index in [4.69, 9.17) is 9.47 Å². The number of nitrogens with zero attached hydrogens (tertiary/aromatic N) is 1. The number of anilines is 1. The van der Waals surface area contributed by atoms with Crippen molar-refractivity contribution in [3.63, 3.8) is 0 Å². The summed E-state index contributed by atoms with van der Waals surface area (Å²) in [5.41, 5.74) is 2.21. The van der Waals surface area contributed by atoms with Crippen LogP contribution in [0.15, 0.2) is 42.5 Å². The molecule has 0 radical (unpaired) electrons. The number of nitrogens with one attached hydrogen (secondary N) is 1. The number of esters is 1. The van der Waals surface area contributed by atoms with Gasteiger partial charge in [-0.3, -0.25) is 24.1 Å². The van der Waals surface area contributed by atoms with Crippen LogP contribution < -0.4 is 10.1 Å². The molecule has 2 aromatic rings. The van der Waals surface area contributed by atoms with Crippen molar-refractivity contribution in [1.29, 1.82) is 0 Å². The van der Waals surface area contributed by atoms with Crippen LogP contribution >= 0.6 is 0 Å². The third-order valence-electron chi connectivity index (χ3n) is 4.63. The largest absolute Gasteiger partial charge is 0.497 e. The number of fused-ring (bicyclic) bond motifs is 1. The molecule has 30 heavy (non-hydrogen) atoms. The number of carbonyl (C=O) groups excluding carboxylic acids is 4. The van der Waals surface area contributed by atoms with Crippen LogP contribution in [0.4, 0.5) is 5.69 Å². The van der Waals surface area contributed by atoms with Crippen molar-refractivity contribution in [2.75, 3.05) is 25.6 Å². The van der Waals surface area contributed by atoms with E-state index in [0.717, 1.165) is 10.5 Å². The van der Waals surface area contributed by atoms with Crippen molar-refractivity contribution in [3.8, 4) is 5.75 Å². The Balaban J connectivity index is 1.40. The zero-order valence-electron chi connectivity index (χ0n) is 16.8. The Kier molecular flexibility index (Phi) is 6.46. The molecule has 8 nitrogen and oxygen atoms in total. The summed E-state index contributed by atoms with van der Waals surface area (Å²) >= 11 is 0. The van der Waals surface area contributed by atoms with Gasteiger partial charge in [-0.05, 0) is 49.7 Å². The molecule has 1 aliphatic heterocycles. The van der Waals surface area contributed by atoms with E-state index >= 15 is 0 Å². The SMILES string of the molecule is COc1ccc(NC(=O)COC(=O)CCCN2C(=O)c3ccc(C)cc3C2=O)cc1. The van der Waals surface area contributed by atoms with Gasteiger partial charge in [-0.2, -0.15) is 0 Å². The van der Waals surface area contributed by atoms with E-state index in [1.165, 1.54) is 0 Å². The standard InChI is InChI=1S/C22H22N2O6/c1-14-5-10-17-18(12-14)22(28)24(21(17)27)11-3-4-20(26)30-13-19(25)23-15-6-8-16(29-2)9-7-15/h5-10,12H,3-4,11,13H2,1-2H3,(H,23,25). The number of methoxy groups -OCH3 is 1. The van der Waals surface area contributed by atoms with Crippen molar-refractivity contribution in [2.24, 2.45) is 0 Å². The number of hydrogen-bond acceptors (Lipinski definition) is 6. The van der Waals surface area contributed by atoms with E-state index in [9.17, 15) is 19.2 Å². The summed E-state index contributed by atoms with van der Waals surface area (Å²) in [5, 5.41) is 2.61. The third-order valence-corrected chi connectivity index (χ3v) is 4.63. The first-order chi connectivity index (χ1) is 14.4. The average molecular weight is 410 g/mol. The van der Waals surface area contributed by atoms with Crippen LogP contribution in [-0.4, -0.2) is 48.9 Å². The molecule has 3 amide bonds. The molecule has 0 unspecified atom stereocenters. The molecule has 2 aromatic carbocycles. The molecule has 1 heterocycles. The molecule has 3 rings (SSSR count). The lowest BCUT2D eigenvalue weighted by Crippen LogP contribution is -2.31. The molecule has 0 saturated heterocycles. The number of benzene rings is 2. The molecule has 1 aliphatic rings. The number of ether oxygens (including phenoxy) is 2. The van der Waals surface area contributed by atoms with Gasteiger partial charge in [-0.1, -0.05) is 11.6 Å². The molecular formula is C22H22N2O6. The Bertz CT molecular complexity index is 984. The fourth-order valence-electron chi connectivity index (χ4n) is 3.08. The summed E-state index contributed by atoms with van der Waals surface area (Å²) in [7, 11) is 1.54. The van der Waals surface area contributed by atoms with E-state index in [-0.39, 0.29) is 31.2 Å². The Morgan fingerprint density at radius 1 is 1.00 bits per heavy atom. The van der Waals surface area contributed by atoms with Gasteiger partial charge in [0, 0.05) is 18.7 Å². The molecule has 0 atom stereocenters. The van der Waals surface area contributed by atoms with E-state index in [1.54, 1.807) is 49.6 Å². The van der Waals surface area contributed by atoms with E-state index in [2.05, 4.69) is 5.32 Å². The maximum atomic E-state index is 12.4. The number of carbonyl (C=O) groups is 4. The number of rotatable bonds is 8. The summed E-state index contributed by atoms with van der Waals surface area (Å²) in [4.78, 5) is 49.6. The zero-order chi connectivity index (χ0) is 21.7. The van der Waals surface area contributed by atoms with E-state index in [0.29, 0.717) is 22.6 Å². The molecule has 0 fully saturated rings. The fraction of sp³-hybridized carbons (Fsp3) is 0.273. The van der Waals surface area contributed by atoms with Crippen LogP contribution in [0.25, 0.3) is 0 Å². The molecule has 0 spiro atoms. The number of aryl methyl sites for hydroxylation is 1. The monoisotopic (exact) mass is 410 g/mol. The molecule has 1 N–H and O–H groups in total. The number of hydrogen-bond donors (Lipinski definition) is 1. The van der Waals surface area contributed by atoms with E-state index in [1.807, 2.05) is 6.92 Å². The van der Waals surface area contributed by atoms with Crippen LogP contribution in [0.2, 0.25) is 0 Å². The quantitative estimate of drug-likeness (QED) is 0.530.